The first-order chi connectivity index (χ1) is 23.1. The summed E-state index contributed by atoms with van der Waals surface area (Å²) < 4.78 is 3.82. The molecule has 0 unspecified atom stereocenters. The van der Waals surface area contributed by atoms with Crippen molar-refractivity contribution >= 4 is 28.9 Å². The lowest BCUT2D eigenvalue weighted by atomic mass is 9.98. The Morgan fingerprint density at radius 2 is 1.75 bits per heavy atom. The molecule has 4 aromatic heterocycles. The third-order valence-corrected chi connectivity index (χ3v) is 9.91. The average molecular weight is 651 g/mol. The molecule has 4 aromatic rings. The minimum Gasteiger partial charge on any atom is -0.389 e. The van der Waals surface area contributed by atoms with Crippen molar-refractivity contribution in [2.45, 2.75) is 65.0 Å². The van der Waals surface area contributed by atoms with Crippen LogP contribution >= 0.6 is 0 Å². The number of aliphatic hydroxyl groups is 1. The van der Waals surface area contributed by atoms with Crippen LogP contribution in [-0.4, -0.2) is 79.9 Å². The van der Waals surface area contributed by atoms with Crippen molar-refractivity contribution in [3.05, 3.63) is 81.8 Å². The Labute approximate surface area is 281 Å². The Morgan fingerprint density at radius 3 is 2.48 bits per heavy atom. The van der Waals surface area contributed by atoms with E-state index in [1.807, 2.05) is 55.4 Å². The molecule has 3 aliphatic rings. The maximum atomic E-state index is 13.9. The maximum Gasteiger partial charge on any atom is 0.276 e. The Hall–Kier alpha value is -4.48. The highest BCUT2D eigenvalue weighted by Crippen LogP contribution is 2.35. The Kier molecular flexibility index (Phi) is 8.59. The van der Waals surface area contributed by atoms with Crippen molar-refractivity contribution in [2.75, 3.05) is 54.4 Å². The van der Waals surface area contributed by atoms with E-state index in [0.29, 0.717) is 36.8 Å². The quantitative estimate of drug-likeness (QED) is 0.289. The normalized spacial score (nSPS) is 17.0. The molecule has 0 spiro atoms. The molecule has 11 nitrogen and oxygen atoms in total. The molecule has 1 fully saturated rings. The van der Waals surface area contributed by atoms with Crippen molar-refractivity contribution in [1.82, 2.24) is 24.0 Å². The number of carbonyl (C=O) groups is 1. The zero-order chi connectivity index (χ0) is 33.6. The minimum atomic E-state index is -0.706. The number of piperazine rings is 1. The number of nitrogens with zero attached hydrogens (tertiary/aromatic N) is 7. The van der Waals surface area contributed by atoms with Gasteiger partial charge in [-0.25, -0.2) is 9.97 Å². The molecule has 48 heavy (non-hydrogen) atoms. The van der Waals surface area contributed by atoms with Crippen LogP contribution in [0.5, 0.6) is 0 Å². The van der Waals surface area contributed by atoms with Crippen LogP contribution in [0.15, 0.2) is 53.7 Å². The second-order valence-electron chi connectivity index (χ2n) is 14.0. The van der Waals surface area contributed by atoms with Gasteiger partial charge < -0.3 is 24.5 Å². The van der Waals surface area contributed by atoms with Gasteiger partial charge in [-0.2, -0.15) is 0 Å². The van der Waals surface area contributed by atoms with Crippen LogP contribution in [0.2, 0.25) is 0 Å². The van der Waals surface area contributed by atoms with Crippen LogP contribution in [0.1, 0.15) is 60.9 Å². The SMILES string of the molecule is CCc1c(-c2cc(Nc3ccc(N4CCN(CC(C)(C)O)CC4)cn3)c(=O)n(C)c2)ccnc1N1CCn2c(cc3c2CCCC3)C1=O. The summed E-state index contributed by atoms with van der Waals surface area (Å²) in [5.74, 6) is 1.28. The average Bonchev–Trinajstić information content (AvgIpc) is 3.46. The number of hydrogen-bond acceptors (Lipinski definition) is 8. The predicted molar refractivity (Wildman–Crippen MR) is 190 cm³/mol. The number of nitrogens with one attached hydrogen (secondary N) is 1. The molecule has 2 N–H and O–H groups in total. The molecule has 7 rings (SSSR count). The van der Waals surface area contributed by atoms with E-state index in [2.05, 4.69) is 37.7 Å². The van der Waals surface area contributed by atoms with Crippen LogP contribution in [0, 0.1) is 0 Å². The van der Waals surface area contributed by atoms with Gasteiger partial charge in [0.1, 0.15) is 23.0 Å². The molecule has 1 amide bonds. The van der Waals surface area contributed by atoms with E-state index in [1.54, 1.807) is 17.8 Å². The van der Waals surface area contributed by atoms with Gasteiger partial charge in [0.25, 0.3) is 11.5 Å². The van der Waals surface area contributed by atoms with Crippen molar-refractivity contribution in [3.8, 4) is 11.1 Å². The largest absolute Gasteiger partial charge is 0.389 e. The first kappa shape index (κ1) is 32.1. The molecule has 252 valence electrons. The zero-order valence-electron chi connectivity index (χ0n) is 28.5. The van der Waals surface area contributed by atoms with Gasteiger partial charge >= 0.3 is 0 Å². The van der Waals surface area contributed by atoms with Crippen LogP contribution in [-0.2, 0) is 32.9 Å². The van der Waals surface area contributed by atoms with E-state index in [4.69, 9.17) is 4.98 Å². The van der Waals surface area contributed by atoms with Crippen molar-refractivity contribution in [2.24, 2.45) is 7.05 Å². The summed E-state index contributed by atoms with van der Waals surface area (Å²) in [4.78, 5) is 43.0. The number of aromatic nitrogens is 4. The number of hydrogen-bond donors (Lipinski definition) is 2. The summed E-state index contributed by atoms with van der Waals surface area (Å²) in [5.41, 5.74) is 6.80. The Balaban J connectivity index is 1.11. The van der Waals surface area contributed by atoms with Gasteiger partial charge in [-0.3, -0.25) is 19.4 Å². The first-order valence-electron chi connectivity index (χ1n) is 17.2. The summed E-state index contributed by atoms with van der Waals surface area (Å²) in [6.45, 7) is 11.2. The van der Waals surface area contributed by atoms with Gasteiger partial charge in [0.15, 0.2) is 0 Å². The summed E-state index contributed by atoms with van der Waals surface area (Å²) in [6, 6.07) is 9.87. The van der Waals surface area contributed by atoms with E-state index in [0.717, 1.165) is 73.6 Å². The standard InChI is InChI=1S/C37H46N8O3/c1-5-28-29(12-13-38-34(28)45-19-18-44-31-9-7-6-8-25(31)21-32(44)36(45)47)26-20-30(35(46)41(4)23-26)40-33-11-10-27(22-39-33)43-16-14-42(15-17-43)24-37(2,3)48/h10-13,20-23,48H,5-9,14-19,24H2,1-4H3,(H,39,40). The number of β-amino-alcohol motifs (C(OH)–C–C–N with tert-alkyl or cyclic N) is 1. The number of pyridine rings is 3. The second-order valence-corrected chi connectivity index (χ2v) is 14.0. The fourth-order valence-corrected chi connectivity index (χ4v) is 7.62. The third kappa shape index (κ3) is 6.24. The van der Waals surface area contributed by atoms with Gasteiger partial charge in [0, 0.05) is 82.1 Å². The number of rotatable bonds is 8. The van der Waals surface area contributed by atoms with E-state index in [9.17, 15) is 14.7 Å². The summed E-state index contributed by atoms with van der Waals surface area (Å²) in [5, 5.41) is 13.4. The lowest BCUT2D eigenvalue weighted by molar-refractivity contribution is 0.0345. The molecule has 0 atom stereocenters. The summed E-state index contributed by atoms with van der Waals surface area (Å²) >= 11 is 0. The van der Waals surface area contributed by atoms with Crippen LogP contribution in [0.4, 0.5) is 23.0 Å². The fraction of sp³-hybridized carbons (Fsp3) is 0.459. The zero-order valence-corrected chi connectivity index (χ0v) is 28.5. The predicted octanol–water partition coefficient (Wildman–Crippen LogP) is 4.38. The highest BCUT2D eigenvalue weighted by Gasteiger charge is 2.32. The number of fused-ring (bicyclic) bond motifs is 3. The minimum absolute atomic E-state index is 0.00308. The third-order valence-electron chi connectivity index (χ3n) is 9.91. The van der Waals surface area contributed by atoms with E-state index in [1.165, 1.54) is 24.1 Å². The molecular weight excluding hydrogens is 604 g/mol. The number of amides is 1. The van der Waals surface area contributed by atoms with Gasteiger partial charge in [-0.15, -0.1) is 0 Å². The smallest absolute Gasteiger partial charge is 0.276 e. The van der Waals surface area contributed by atoms with Gasteiger partial charge in [-0.05, 0) is 87.4 Å². The molecule has 11 heteroatoms. The molecule has 6 heterocycles. The highest BCUT2D eigenvalue weighted by molar-refractivity contribution is 6.06. The lowest BCUT2D eigenvalue weighted by Gasteiger charge is -2.38. The number of aryl methyl sites for hydroxylation is 2. The van der Waals surface area contributed by atoms with Crippen LogP contribution in [0.3, 0.4) is 0 Å². The van der Waals surface area contributed by atoms with Gasteiger partial charge in [-0.1, -0.05) is 6.92 Å². The van der Waals surface area contributed by atoms with Crippen molar-refractivity contribution in [1.29, 1.82) is 0 Å². The first-order valence-corrected chi connectivity index (χ1v) is 17.2. The molecule has 0 radical (unpaired) electrons. The van der Waals surface area contributed by atoms with E-state index >= 15 is 0 Å². The molecule has 0 saturated carbocycles. The lowest BCUT2D eigenvalue weighted by Crippen LogP contribution is -2.50. The van der Waals surface area contributed by atoms with E-state index in [-0.39, 0.29) is 11.5 Å². The summed E-state index contributed by atoms with van der Waals surface area (Å²) in [6.07, 6.45) is 10.6. The highest BCUT2D eigenvalue weighted by atomic mass is 16.3. The Morgan fingerprint density at radius 1 is 0.958 bits per heavy atom. The topological polar surface area (TPSA) is 112 Å². The number of anilines is 4. The fourth-order valence-electron chi connectivity index (χ4n) is 7.62. The second kappa shape index (κ2) is 12.9. The molecule has 1 aliphatic carbocycles. The monoisotopic (exact) mass is 650 g/mol. The van der Waals surface area contributed by atoms with E-state index < -0.39 is 5.60 Å². The van der Waals surface area contributed by atoms with Gasteiger partial charge in [0.05, 0.1) is 17.5 Å². The molecule has 0 bridgehead atoms. The van der Waals surface area contributed by atoms with Crippen molar-refractivity contribution in [3.63, 3.8) is 0 Å². The summed E-state index contributed by atoms with van der Waals surface area (Å²) in [7, 11) is 1.75. The van der Waals surface area contributed by atoms with Gasteiger partial charge in [0.2, 0.25) is 0 Å². The van der Waals surface area contributed by atoms with Crippen molar-refractivity contribution < 1.29 is 9.90 Å². The molecule has 1 saturated heterocycles. The van der Waals surface area contributed by atoms with Crippen LogP contribution < -0.4 is 20.7 Å². The van der Waals surface area contributed by atoms with Crippen LogP contribution in [0.25, 0.3) is 11.1 Å². The maximum absolute atomic E-state index is 13.9. The Bertz CT molecular complexity index is 1880. The molecule has 2 aliphatic heterocycles. The molecule has 0 aromatic carbocycles. The molecular formula is C37H46N8O3. The number of carbonyl (C=O) groups excluding carboxylic acids is 1.